The minimum absolute atomic E-state index is 0.0439. The fourth-order valence-electron chi connectivity index (χ4n) is 2.21. The van der Waals surface area contributed by atoms with Crippen molar-refractivity contribution in [3.05, 3.63) is 57.6 Å². The van der Waals surface area contributed by atoms with Gasteiger partial charge in [-0.2, -0.15) is 13.2 Å². The van der Waals surface area contributed by atoms with Gasteiger partial charge in [0.15, 0.2) is 0 Å². The van der Waals surface area contributed by atoms with Crippen LogP contribution in [-0.4, -0.2) is 12.3 Å². The zero-order valence-electron chi connectivity index (χ0n) is 12.3. The van der Waals surface area contributed by atoms with Gasteiger partial charge in [-0.3, -0.25) is 0 Å². The van der Waals surface area contributed by atoms with Crippen LogP contribution in [0.15, 0.2) is 36.4 Å². The Bertz CT molecular complexity index is 816. The smallest absolute Gasteiger partial charge is 0.429 e. The van der Waals surface area contributed by atoms with E-state index in [1.807, 2.05) is 6.92 Å². The highest BCUT2D eigenvalue weighted by atomic mass is 35.5. The summed E-state index contributed by atoms with van der Waals surface area (Å²) in [6.45, 7) is 1.87. The lowest BCUT2D eigenvalue weighted by Gasteiger charge is -2.24. The highest BCUT2D eigenvalue weighted by Crippen LogP contribution is 2.41. The predicted molar refractivity (Wildman–Crippen MR) is 87.2 cm³/mol. The standard InChI is InChI=1S/C17H11Cl2F3O2/c1-9-2-4-13(11(18)6-9)23-15-8-14-10(7-12(15)19)3-5-16(24-14)17(20,21)22/h2-8,16H,1H3/t16-/m0/s1. The van der Waals surface area contributed by atoms with Crippen molar-refractivity contribution in [2.45, 2.75) is 19.2 Å². The SMILES string of the molecule is Cc1ccc(Oc2cc3c(cc2Cl)C=C[C@@H](C(F)(F)F)O3)c(Cl)c1. The molecule has 2 aromatic carbocycles. The second-order valence-corrected chi connectivity index (χ2v) is 6.11. The molecule has 1 aliphatic rings. The lowest BCUT2D eigenvalue weighted by atomic mass is 10.1. The van der Waals surface area contributed by atoms with E-state index in [0.717, 1.165) is 11.6 Å². The van der Waals surface area contributed by atoms with Crippen molar-refractivity contribution < 1.29 is 22.6 Å². The van der Waals surface area contributed by atoms with Gasteiger partial charge in [-0.25, -0.2) is 0 Å². The van der Waals surface area contributed by atoms with Crippen LogP contribution in [0.2, 0.25) is 10.0 Å². The number of rotatable bonds is 2. The van der Waals surface area contributed by atoms with Crippen LogP contribution in [0.3, 0.4) is 0 Å². The summed E-state index contributed by atoms with van der Waals surface area (Å²) in [6.07, 6.45) is -4.22. The fourth-order valence-corrected chi connectivity index (χ4v) is 2.70. The second-order valence-electron chi connectivity index (χ2n) is 5.30. The number of benzene rings is 2. The lowest BCUT2D eigenvalue weighted by Crippen LogP contribution is -2.33. The molecule has 0 saturated carbocycles. The molecule has 7 heteroatoms. The maximum Gasteiger partial charge on any atom is 0.429 e. The average Bonchev–Trinajstić information content (AvgIpc) is 2.49. The molecule has 0 aliphatic carbocycles. The summed E-state index contributed by atoms with van der Waals surface area (Å²) < 4.78 is 49.0. The Morgan fingerprint density at radius 2 is 1.75 bits per heavy atom. The molecule has 0 N–H and O–H groups in total. The van der Waals surface area contributed by atoms with E-state index < -0.39 is 12.3 Å². The lowest BCUT2D eigenvalue weighted by molar-refractivity contribution is -0.180. The van der Waals surface area contributed by atoms with Crippen molar-refractivity contribution in [1.29, 1.82) is 0 Å². The summed E-state index contributed by atoms with van der Waals surface area (Å²) in [7, 11) is 0. The third-order valence-electron chi connectivity index (χ3n) is 3.40. The van der Waals surface area contributed by atoms with Gasteiger partial charge in [0.2, 0.25) is 6.10 Å². The quantitative estimate of drug-likeness (QED) is 0.602. The molecule has 0 amide bonds. The first-order valence-corrected chi connectivity index (χ1v) is 7.69. The van der Waals surface area contributed by atoms with Crippen LogP contribution in [0.5, 0.6) is 17.2 Å². The highest BCUT2D eigenvalue weighted by molar-refractivity contribution is 6.33. The van der Waals surface area contributed by atoms with Crippen molar-refractivity contribution >= 4 is 29.3 Å². The van der Waals surface area contributed by atoms with Gasteiger partial charge in [-0.05, 0) is 36.8 Å². The van der Waals surface area contributed by atoms with E-state index >= 15 is 0 Å². The molecule has 0 radical (unpaired) electrons. The maximum absolute atomic E-state index is 12.8. The molecule has 24 heavy (non-hydrogen) atoms. The number of alkyl halides is 3. The first-order chi connectivity index (χ1) is 11.2. The van der Waals surface area contributed by atoms with Gasteiger partial charge < -0.3 is 9.47 Å². The Hall–Kier alpha value is -1.85. The molecule has 0 fully saturated rings. The zero-order chi connectivity index (χ0) is 17.5. The van der Waals surface area contributed by atoms with E-state index in [2.05, 4.69) is 0 Å². The van der Waals surface area contributed by atoms with Crippen LogP contribution in [0.25, 0.3) is 6.08 Å². The fraction of sp³-hybridized carbons (Fsp3) is 0.176. The number of ether oxygens (including phenoxy) is 2. The van der Waals surface area contributed by atoms with E-state index in [0.29, 0.717) is 16.3 Å². The van der Waals surface area contributed by atoms with Gasteiger partial charge in [-0.1, -0.05) is 35.3 Å². The van der Waals surface area contributed by atoms with E-state index in [9.17, 15) is 13.2 Å². The summed E-state index contributed by atoms with van der Waals surface area (Å²) in [4.78, 5) is 0. The number of hydrogen-bond donors (Lipinski definition) is 0. The van der Waals surface area contributed by atoms with Gasteiger partial charge in [0, 0.05) is 11.6 Å². The Morgan fingerprint density at radius 1 is 1.04 bits per heavy atom. The summed E-state index contributed by atoms with van der Waals surface area (Å²) >= 11 is 12.2. The third kappa shape index (κ3) is 3.47. The van der Waals surface area contributed by atoms with Crippen LogP contribution in [0, 0.1) is 6.92 Å². The summed E-state index contributed by atoms with van der Waals surface area (Å²) in [5.74, 6) is 0.558. The van der Waals surface area contributed by atoms with E-state index in [4.69, 9.17) is 32.7 Å². The van der Waals surface area contributed by atoms with Crippen molar-refractivity contribution in [3.63, 3.8) is 0 Å². The van der Waals surface area contributed by atoms with Gasteiger partial charge in [-0.15, -0.1) is 0 Å². The summed E-state index contributed by atoms with van der Waals surface area (Å²) in [5.41, 5.74) is 1.40. The Balaban J connectivity index is 1.93. The molecule has 1 heterocycles. The van der Waals surface area contributed by atoms with Crippen molar-refractivity contribution in [2.75, 3.05) is 0 Å². The van der Waals surface area contributed by atoms with Gasteiger partial charge in [0.25, 0.3) is 0 Å². The summed E-state index contributed by atoms with van der Waals surface area (Å²) in [6, 6.07) is 7.98. The molecule has 1 atom stereocenters. The van der Waals surface area contributed by atoms with Crippen LogP contribution in [-0.2, 0) is 0 Å². The molecule has 0 aromatic heterocycles. The van der Waals surface area contributed by atoms with Crippen LogP contribution >= 0.6 is 23.2 Å². The molecule has 1 aliphatic heterocycles. The van der Waals surface area contributed by atoms with Gasteiger partial charge in [0.1, 0.15) is 17.2 Å². The van der Waals surface area contributed by atoms with Crippen LogP contribution in [0.4, 0.5) is 13.2 Å². The van der Waals surface area contributed by atoms with Crippen LogP contribution in [0.1, 0.15) is 11.1 Å². The van der Waals surface area contributed by atoms with Gasteiger partial charge in [0.05, 0.1) is 10.0 Å². The highest BCUT2D eigenvalue weighted by Gasteiger charge is 2.41. The second kappa shape index (κ2) is 6.22. The zero-order valence-corrected chi connectivity index (χ0v) is 13.8. The number of fused-ring (bicyclic) bond motifs is 1. The third-order valence-corrected chi connectivity index (χ3v) is 3.99. The molecule has 0 unspecified atom stereocenters. The van der Waals surface area contributed by atoms with E-state index in [-0.39, 0.29) is 16.5 Å². The van der Waals surface area contributed by atoms with E-state index in [1.165, 1.54) is 18.2 Å². The molecule has 0 spiro atoms. The Labute approximate surface area is 146 Å². The summed E-state index contributed by atoms with van der Waals surface area (Å²) in [5, 5.41) is 0.613. The first kappa shape index (κ1) is 17.0. The molecule has 2 aromatic rings. The van der Waals surface area contributed by atoms with Crippen molar-refractivity contribution in [2.24, 2.45) is 0 Å². The molecule has 126 valence electrons. The number of aryl methyl sites for hydroxylation is 1. The maximum atomic E-state index is 12.8. The predicted octanol–water partition coefficient (Wildman–Crippen LogP) is 6.43. The van der Waals surface area contributed by atoms with E-state index in [1.54, 1.807) is 18.2 Å². The normalized spacial score (nSPS) is 16.5. The minimum Gasteiger partial charge on any atom is -0.476 e. The Kier molecular flexibility index (Phi) is 4.40. The molecular weight excluding hydrogens is 364 g/mol. The monoisotopic (exact) mass is 374 g/mol. The molecule has 2 nitrogen and oxygen atoms in total. The molecule has 0 saturated heterocycles. The Morgan fingerprint density at radius 3 is 2.42 bits per heavy atom. The number of hydrogen-bond acceptors (Lipinski definition) is 2. The molecule has 3 rings (SSSR count). The largest absolute Gasteiger partial charge is 0.476 e. The topological polar surface area (TPSA) is 18.5 Å². The number of halogens is 5. The molecular formula is C17H11Cl2F3O2. The van der Waals surface area contributed by atoms with Crippen LogP contribution < -0.4 is 9.47 Å². The average molecular weight is 375 g/mol. The van der Waals surface area contributed by atoms with Crippen molar-refractivity contribution in [1.82, 2.24) is 0 Å². The minimum atomic E-state index is -4.49. The van der Waals surface area contributed by atoms with Gasteiger partial charge >= 0.3 is 6.18 Å². The molecule has 0 bridgehead atoms. The van der Waals surface area contributed by atoms with Crippen molar-refractivity contribution in [3.8, 4) is 17.2 Å². The first-order valence-electron chi connectivity index (χ1n) is 6.93.